The molecule has 0 aliphatic carbocycles. The van der Waals surface area contributed by atoms with Gasteiger partial charge in [0.25, 0.3) is 11.8 Å². The first-order chi connectivity index (χ1) is 10.1. The van der Waals surface area contributed by atoms with E-state index in [0.717, 1.165) is 12.8 Å². The fraction of sp³-hybridized carbons (Fsp3) is 0.333. The van der Waals surface area contributed by atoms with Crippen LogP contribution in [0.15, 0.2) is 18.2 Å². The lowest BCUT2D eigenvalue weighted by atomic mass is 10.00. The number of carbonyl (C=O) groups is 2. The number of nitrogens with zero attached hydrogens (tertiary/aromatic N) is 1. The molecule has 1 aromatic rings. The zero-order valence-corrected chi connectivity index (χ0v) is 12.0. The number of rotatable bonds is 2. The summed E-state index contributed by atoms with van der Waals surface area (Å²) in [5, 5.41) is 9.04. The lowest BCUT2D eigenvalue weighted by molar-refractivity contribution is -0.135. The number of likely N-dealkylation sites (tertiary alicyclic amines) is 1. The number of piperidine rings is 1. The standard InChI is InChI=1S/C15H14ClN2O3/c1-2-10-6-7-11(9-12(10)16)15(20)18-8-4-3-5-13(18)14(19)17-21/h6-7,9,13,21H,3-5,8H2,(H,17,19)/t13-/m0/s1. The maximum absolute atomic E-state index is 12.5. The van der Waals surface area contributed by atoms with Crippen LogP contribution in [0.5, 0.6) is 0 Å². The highest BCUT2D eigenvalue weighted by molar-refractivity contribution is 6.32. The van der Waals surface area contributed by atoms with E-state index in [1.807, 2.05) is 0 Å². The summed E-state index contributed by atoms with van der Waals surface area (Å²) in [4.78, 5) is 25.6. The molecule has 1 radical (unpaired) electrons. The normalized spacial score (nSPS) is 18.0. The van der Waals surface area contributed by atoms with Crippen LogP contribution in [0.25, 0.3) is 0 Å². The molecule has 1 fully saturated rings. The quantitative estimate of drug-likeness (QED) is 0.497. The number of hydroxylamine groups is 1. The summed E-state index contributed by atoms with van der Waals surface area (Å²) < 4.78 is 0. The van der Waals surface area contributed by atoms with Crippen LogP contribution in [0.4, 0.5) is 0 Å². The van der Waals surface area contributed by atoms with Crippen molar-refractivity contribution in [3.05, 3.63) is 40.8 Å². The van der Waals surface area contributed by atoms with Crippen molar-refractivity contribution < 1.29 is 14.8 Å². The summed E-state index contributed by atoms with van der Waals surface area (Å²) in [5.74, 6) is 1.27. The maximum Gasteiger partial charge on any atom is 0.266 e. The lowest BCUT2D eigenvalue weighted by Crippen LogP contribution is -2.51. The Morgan fingerprint density at radius 2 is 2.19 bits per heavy atom. The van der Waals surface area contributed by atoms with Gasteiger partial charge in [-0.05, 0) is 43.9 Å². The van der Waals surface area contributed by atoms with Crippen molar-refractivity contribution in [1.82, 2.24) is 10.4 Å². The average molecular weight is 306 g/mol. The van der Waals surface area contributed by atoms with E-state index in [0.29, 0.717) is 24.1 Å². The molecule has 1 saturated heterocycles. The molecule has 21 heavy (non-hydrogen) atoms. The summed E-state index contributed by atoms with van der Waals surface area (Å²) in [7, 11) is 0. The Balaban J connectivity index is 2.27. The van der Waals surface area contributed by atoms with Gasteiger partial charge < -0.3 is 4.90 Å². The minimum Gasteiger partial charge on any atom is -0.327 e. The molecule has 0 unspecified atom stereocenters. The smallest absolute Gasteiger partial charge is 0.266 e. The van der Waals surface area contributed by atoms with Gasteiger partial charge in [-0.15, -0.1) is 0 Å². The van der Waals surface area contributed by atoms with E-state index in [9.17, 15) is 9.59 Å². The van der Waals surface area contributed by atoms with Gasteiger partial charge >= 0.3 is 0 Å². The molecule has 0 saturated carbocycles. The molecular formula is C15H14ClN2O3. The summed E-state index contributed by atoms with van der Waals surface area (Å²) >= 11 is 5.97. The van der Waals surface area contributed by atoms with Gasteiger partial charge in [0, 0.05) is 17.7 Å². The van der Waals surface area contributed by atoms with E-state index in [1.165, 1.54) is 17.0 Å². The summed E-state index contributed by atoms with van der Waals surface area (Å²) in [6.07, 6.45) is 9.20. The van der Waals surface area contributed by atoms with Crippen molar-refractivity contribution in [1.29, 1.82) is 0 Å². The molecule has 5 nitrogen and oxygen atoms in total. The molecule has 6 heteroatoms. The topological polar surface area (TPSA) is 69.6 Å². The Bertz CT molecular complexity index is 609. The first kappa shape index (κ1) is 15.4. The molecule has 0 spiro atoms. The largest absolute Gasteiger partial charge is 0.327 e. The third kappa shape index (κ3) is 3.18. The number of hydrogen-bond acceptors (Lipinski definition) is 3. The van der Waals surface area contributed by atoms with Crippen LogP contribution < -0.4 is 5.48 Å². The van der Waals surface area contributed by atoms with E-state index in [1.54, 1.807) is 11.5 Å². The van der Waals surface area contributed by atoms with Gasteiger partial charge in [0.1, 0.15) is 6.04 Å². The summed E-state index contributed by atoms with van der Waals surface area (Å²) in [6, 6.07) is 3.87. The Hall–Kier alpha value is -2.03. The molecule has 2 rings (SSSR count). The number of halogens is 1. The second-order valence-corrected chi connectivity index (χ2v) is 5.21. The van der Waals surface area contributed by atoms with E-state index in [2.05, 4.69) is 5.92 Å². The van der Waals surface area contributed by atoms with Crippen LogP contribution in [-0.2, 0) is 4.79 Å². The Labute approximate surface area is 127 Å². The molecule has 0 bridgehead atoms. The van der Waals surface area contributed by atoms with Crippen LogP contribution in [0.3, 0.4) is 0 Å². The molecule has 109 valence electrons. The van der Waals surface area contributed by atoms with Crippen molar-refractivity contribution in [2.24, 2.45) is 0 Å². The molecule has 1 aliphatic rings. The van der Waals surface area contributed by atoms with Crippen LogP contribution >= 0.6 is 11.6 Å². The summed E-state index contributed by atoms with van der Waals surface area (Å²) in [6.45, 7) is 0.451. The molecule has 1 aromatic carbocycles. The molecule has 2 N–H and O–H groups in total. The van der Waals surface area contributed by atoms with Crippen molar-refractivity contribution in [3.8, 4) is 5.92 Å². The molecular weight excluding hydrogens is 292 g/mol. The average Bonchev–Trinajstić information content (AvgIpc) is 2.53. The molecule has 2 amide bonds. The van der Waals surface area contributed by atoms with E-state index in [-0.39, 0.29) is 10.9 Å². The van der Waals surface area contributed by atoms with Crippen molar-refractivity contribution >= 4 is 23.4 Å². The fourth-order valence-electron chi connectivity index (χ4n) is 2.44. The Morgan fingerprint density at radius 1 is 1.43 bits per heavy atom. The SMILES string of the molecule is [C]#Cc1ccc(C(=O)N2CCCC[C@H]2C(=O)NO)cc1Cl. The summed E-state index contributed by atoms with van der Waals surface area (Å²) in [5.41, 5.74) is 2.35. The second kappa shape index (κ2) is 6.61. The monoisotopic (exact) mass is 305 g/mol. The number of hydrogen-bond donors (Lipinski definition) is 2. The third-order valence-electron chi connectivity index (χ3n) is 3.53. The minimum absolute atomic E-state index is 0.260. The maximum atomic E-state index is 12.5. The highest BCUT2D eigenvalue weighted by atomic mass is 35.5. The van der Waals surface area contributed by atoms with Crippen molar-refractivity contribution in [2.45, 2.75) is 25.3 Å². The predicted octanol–water partition coefficient (Wildman–Crippen LogP) is 1.78. The molecule has 1 atom stereocenters. The number of amides is 2. The first-order valence-electron chi connectivity index (χ1n) is 6.55. The minimum atomic E-state index is -0.677. The first-order valence-corrected chi connectivity index (χ1v) is 6.93. The van der Waals surface area contributed by atoms with Crippen LogP contribution in [0.1, 0.15) is 35.2 Å². The van der Waals surface area contributed by atoms with Gasteiger partial charge in [-0.3, -0.25) is 14.8 Å². The number of carbonyl (C=O) groups excluding carboxylic acids is 2. The highest BCUT2D eigenvalue weighted by Gasteiger charge is 2.32. The molecule has 0 aromatic heterocycles. The Kier molecular flexibility index (Phi) is 4.84. The highest BCUT2D eigenvalue weighted by Crippen LogP contribution is 2.23. The van der Waals surface area contributed by atoms with Gasteiger partial charge in [0.2, 0.25) is 0 Å². The number of nitrogens with one attached hydrogen (secondary N) is 1. The van der Waals surface area contributed by atoms with E-state index < -0.39 is 11.9 Å². The van der Waals surface area contributed by atoms with Gasteiger partial charge in [0.05, 0.1) is 5.02 Å². The predicted molar refractivity (Wildman–Crippen MR) is 76.3 cm³/mol. The van der Waals surface area contributed by atoms with E-state index in [4.69, 9.17) is 23.2 Å². The van der Waals surface area contributed by atoms with Crippen molar-refractivity contribution in [2.75, 3.05) is 6.54 Å². The Morgan fingerprint density at radius 3 is 2.81 bits per heavy atom. The lowest BCUT2D eigenvalue weighted by Gasteiger charge is -2.34. The van der Waals surface area contributed by atoms with Gasteiger partial charge in [-0.2, -0.15) is 0 Å². The van der Waals surface area contributed by atoms with Crippen LogP contribution in [0.2, 0.25) is 5.02 Å². The molecule has 1 aliphatic heterocycles. The molecule has 1 heterocycles. The zero-order valence-electron chi connectivity index (χ0n) is 11.2. The fourth-order valence-corrected chi connectivity index (χ4v) is 2.66. The number of benzene rings is 1. The van der Waals surface area contributed by atoms with Crippen molar-refractivity contribution in [3.63, 3.8) is 0 Å². The van der Waals surface area contributed by atoms with Gasteiger partial charge in [0.15, 0.2) is 0 Å². The van der Waals surface area contributed by atoms with Gasteiger partial charge in [-0.1, -0.05) is 17.5 Å². The van der Waals surface area contributed by atoms with E-state index >= 15 is 0 Å². The third-order valence-corrected chi connectivity index (χ3v) is 3.84. The van der Waals surface area contributed by atoms with Crippen LogP contribution in [-0.4, -0.2) is 34.5 Å². The van der Waals surface area contributed by atoms with Crippen LogP contribution in [0, 0.1) is 12.3 Å². The second-order valence-electron chi connectivity index (χ2n) is 4.81. The van der Waals surface area contributed by atoms with Gasteiger partial charge in [-0.25, -0.2) is 5.48 Å². The zero-order chi connectivity index (χ0) is 15.4.